The van der Waals surface area contributed by atoms with E-state index in [9.17, 15) is 18.4 Å². The summed E-state index contributed by atoms with van der Waals surface area (Å²) in [5, 5.41) is 0.444. The van der Waals surface area contributed by atoms with Crippen molar-refractivity contribution < 1.29 is 32.6 Å². The van der Waals surface area contributed by atoms with E-state index in [2.05, 4.69) is 15.9 Å². The van der Waals surface area contributed by atoms with Gasteiger partial charge in [0.2, 0.25) is 10.9 Å². The minimum absolute atomic E-state index is 0.0696. The normalized spacial score (nSPS) is 20.0. The van der Waals surface area contributed by atoms with Crippen LogP contribution in [-0.2, 0) is 36.6 Å². The Morgan fingerprint density at radius 2 is 1.66 bits per heavy atom. The van der Waals surface area contributed by atoms with Gasteiger partial charge < -0.3 is 24.5 Å². The summed E-state index contributed by atoms with van der Waals surface area (Å²) in [6.07, 6.45) is 5.49. The second-order valence-corrected chi connectivity index (χ2v) is 9.76. The third kappa shape index (κ3) is 6.14. The summed E-state index contributed by atoms with van der Waals surface area (Å²) in [5.41, 5.74) is 5.75. The van der Waals surface area contributed by atoms with E-state index in [1.807, 2.05) is 0 Å². The van der Waals surface area contributed by atoms with Crippen LogP contribution in [0.1, 0.15) is 23.8 Å². The standard InChI is InChI=1S/C29H23ClF2N4O5/c1-2-29(16-39-24(37)13-17-3-7-19(31)8-4-17)22(40-25(38)14-18-5-9-20(32)10-6-18)15-23(41-29)36-12-11-21-26(33)34-28(30)35-27(21)36/h1,3-12,22-23H,13-16H2,(H2,33,34,35)/t22-,23+,29+/m0/s1. The lowest BCUT2D eigenvalue weighted by atomic mass is 9.98. The number of esters is 2. The number of carbonyl (C=O) groups excluding carboxylic acids is 2. The van der Waals surface area contributed by atoms with Gasteiger partial charge in [-0.3, -0.25) is 9.59 Å². The van der Waals surface area contributed by atoms with Crippen molar-refractivity contribution in [3.8, 4) is 12.3 Å². The quantitative estimate of drug-likeness (QED) is 0.187. The molecule has 1 fully saturated rings. The molecule has 0 bridgehead atoms. The zero-order valence-electron chi connectivity index (χ0n) is 21.4. The molecule has 4 aromatic rings. The van der Waals surface area contributed by atoms with E-state index >= 15 is 0 Å². The molecule has 1 saturated heterocycles. The summed E-state index contributed by atoms with van der Waals surface area (Å²) in [4.78, 5) is 33.8. The number of nitrogens with two attached hydrogens (primary N) is 1. The van der Waals surface area contributed by atoms with Crippen LogP contribution in [0.4, 0.5) is 14.6 Å². The average molecular weight is 581 g/mol. The minimum atomic E-state index is -1.67. The average Bonchev–Trinajstić information content (AvgIpc) is 3.52. The lowest BCUT2D eigenvalue weighted by Gasteiger charge is -2.28. The maximum absolute atomic E-state index is 13.3. The van der Waals surface area contributed by atoms with E-state index in [4.69, 9.17) is 38.0 Å². The number of rotatable bonds is 8. The van der Waals surface area contributed by atoms with Crippen molar-refractivity contribution in [1.82, 2.24) is 14.5 Å². The Kier molecular flexibility index (Phi) is 7.88. The fourth-order valence-electron chi connectivity index (χ4n) is 4.59. The number of halogens is 3. The van der Waals surface area contributed by atoms with Crippen molar-refractivity contribution in [2.45, 2.75) is 37.2 Å². The monoisotopic (exact) mass is 580 g/mol. The van der Waals surface area contributed by atoms with E-state index in [1.54, 1.807) is 16.8 Å². The van der Waals surface area contributed by atoms with Gasteiger partial charge in [-0.15, -0.1) is 6.42 Å². The van der Waals surface area contributed by atoms with Crippen molar-refractivity contribution in [1.29, 1.82) is 0 Å². The highest BCUT2D eigenvalue weighted by Gasteiger charge is 2.52. The van der Waals surface area contributed by atoms with Crippen molar-refractivity contribution in [3.05, 3.63) is 88.8 Å². The number of hydrogen-bond donors (Lipinski definition) is 1. The SMILES string of the molecule is C#C[C@]1(COC(=O)Cc2ccc(F)cc2)O[C@@H](n2ccc3c(N)nc(Cl)nc32)C[C@@H]1OC(=O)Cc1ccc(F)cc1. The Hall–Kier alpha value is -4.53. The van der Waals surface area contributed by atoms with Gasteiger partial charge in [-0.25, -0.2) is 13.8 Å². The van der Waals surface area contributed by atoms with E-state index in [1.165, 1.54) is 48.5 Å². The smallest absolute Gasteiger partial charge is 0.310 e. The number of nitrogen functional groups attached to an aromatic ring is 1. The molecule has 2 aromatic carbocycles. The van der Waals surface area contributed by atoms with Crippen LogP contribution < -0.4 is 5.73 Å². The number of benzene rings is 2. The molecular weight excluding hydrogens is 558 g/mol. The Bertz CT molecular complexity index is 1640. The van der Waals surface area contributed by atoms with Crippen LogP contribution in [0.2, 0.25) is 5.28 Å². The van der Waals surface area contributed by atoms with E-state index in [0.29, 0.717) is 22.2 Å². The van der Waals surface area contributed by atoms with Crippen molar-refractivity contribution in [2.24, 2.45) is 0 Å². The highest BCUT2D eigenvalue weighted by molar-refractivity contribution is 6.28. The third-order valence-electron chi connectivity index (χ3n) is 6.66. The Morgan fingerprint density at radius 3 is 2.27 bits per heavy atom. The summed E-state index contributed by atoms with van der Waals surface area (Å²) in [5.74, 6) is 0.523. The molecular formula is C29H23ClF2N4O5. The number of aromatic nitrogens is 3. The van der Waals surface area contributed by atoms with Gasteiger partial charge in [-0.2, -0.15) is 4.98 Å². The third-order valence-corrected chi connectivity index (χ3v) is 6.82. The second kappa shape index (κ2) is 11.5. The molecule has 210 valence electrons. The van der Waals surface area contributed by atoms with Gasteiger partial charge in [0.05, 0.1) is 18.2 Å². The first-order valence-electron chi connectivity index (χ1n) is 12.4. The van der Waals surface area contributed by atoms with Crippen LogP contribution in [-0.4, -0.2) is 44.8 Å². The lowest BCUT2D eigenvalue weighted by molar-refractivity contribution is -0.166. The fourth-order valence-corrected chi connectivity index (χ4v) is 4.76. The number of terminal acetylenes is 1. The van der Waals surface area contributed by atoms with Gasteiger partial charge in [0.1, 0.15) is 42.0 Å². The summed E-state index contributed by atoms with van der Waals surface area (Å²) in [7, 11) is 0. The van der Waals surface area contributed by atoms with Gasteiger partial charge in [-0.05, 0) is 53.1 Å². The number of anilines is 1. The Labute approximate surface area is 238 Å². The molecule has 9 nitrogen and oxygen atoms in total. The van der Waals surface area contributed by atoms with Gasteiger partial charge in [0.15, 0.2) is 0 Å². The molecule has 5 rings (SSSR count). The highest BCUT2D eigenvalue weighted by Crippen LogP contribution is 2.41. The lowest BCUT2D eigenvalue weighted by Crippen LogP contribution is -2.45. The van der Waals surface area contributed by atoms with Crippen LogP contribution >= 0.6 is 11.6 Å². The highest BCUT2D eigenvalue weighted by atomic mass is 35.5. The second-order valence-electron chi connectivity index (χ2n) is 9.43. The Balaban J connectivity index is 1.39. The molecule has 2 aromatic heterocycles. The maximum atomic E-state index is 13.3. The van der Waals surface area contributed by atoms with Crippen LogP contribution in [0.15, 0.2) is 60.8 Å². The van der Waals surface area contributed by atoms with Crippen LogP contribution in [0.5, 0.6) is 0 Å². The first-order chi connectivity index (χ1) is 19.7. The van der Waals surface area contributed by atoms with Gasteiger partial charge in [-0.1, -0.05) is 30.2 Å². The fraction of sp³-hybridized carbons (Fsp3) is 0.241. The molecule has 41 heavy (non-hydrogen) atoms. The van der Waals surface area contributed by atoms with Crippen molar-refractivity contribution in [2.75, 3.05) is 12.3 Å². The summed E-state index contributed by atoms with van der Waals surface area (Å²) < 4.78 is 45.7. The molecule has 0 unspecified atom stereocenters. The summed E-state index contributed by atoms with van der Waals surface area (Å²) in [6, 6.07) is 12.5. The summed E-state index contributed by atoms with van der Waals surface area (Å²) in [6.45, 7) is -0.439. The molecule has 0 saturated carbocycles. The predicted molar refractivity (Wildman–Crippen MR) is 144 cm³/mol. The molecule has 0 amide bonds. The Morgan fingerprint density at radius 1 is 1.05 bits per heavy atom. The number of fused-ring (bicyclic) bond motifs is 1. The molecule has 0 radical (unpaired) electrons. The first-order valence-corrected chi connectivity index (χ1v) is 12.8. The summed E-state index contributed by atoms with van der Waals surface area (Å²) >= 11 is 6.03. The van der Waals surface area contributed by atoms with E-state index in [0.717, 1.165) is 0 Å². The van der Waals surface area contributed by atoms with E-state index in [-0.39, 0.29) is 30.4 Å². The molecule has 0 spiro atoms. The van der Waals surface area contributed by atoms with Gasteiger partial charge in [0, 0.05) is 12.6 Å². The van der Waals surface area contributed by atoms with Crippen LogP contribution in [0.25, 0.3) is 11.0 Å². The maximum Gasteiger partial charge on any atom is 0.310 e. The topological polar surface area (TPSA) is 119 Å². The molecule has 12 heteroatoms. The zero-order chi connectivity index (χ0) is 29.1. The van der Waals surface area contributed by atoms with Crippen LogP contribution in [0.3, 0.4) is 0 Å². The van der Waals surface area contributed by atoms with Crippen molar-refractivity contribution in [3.63, 3.8) is 0 Å². The van der Waals surface area contributed by atoms with Gasteiger partial charge >= 0.3 is 11.9 Å². The van der Waals surface area contributed by atoms with Gasteiger partial charge in [0.25, 0.3) is 0 Å². The largest absolute Gasteiger partial charge is 0.461 e. The number of nitrogens with zero attached hydrogens (tertiary/aromatic N) is 3. The molecule has 3 heterocycles. The molecule has 3 atom stereocenters. The number of carbonyl (C=O) groups is 2. The molecule has 2 N–H and O–H groups in total. The van der Waals surface area contributed by atoms with E-state index < -0.39 is 48.1 Å². The zero-order valence-corrected chi connectivity index (χ0v) is 22.2. The molecule has 1 aliphatic rings. The first kappa shape index (κ1) is 28.0. The number of hydrogen-bond acceptors (Lipinski definition) is 8. The minimum Gasteiger partial charge on any atom is -0.461 e. The molecule has 0 aliphatic carbocycles. The predicted octanol–water partition coefficient (Wildman–Crippen LogP) is 4.18. The van der Waals surface area contributed by atoms with Crippen LogP contribution in [0, 0.1) is 24.0 Å². The van der Waals surface area contributed by atoms with Crippen molar-refractivity contribution >= 4 is 40.4 Å². The molecule has 1 aliphatic heterocycles. The number of ether oxygens (including phenoxy) is 3.